The van der Waals surface area contributed by atoms with E-state index < -0.39 is 11.2 Å². The summed E-state index contributed by atoms with van der Waals surface area (Å²) in [5, 5.41) is 10.1. The Morgan fingerprint density at radius 1 is 1.15 bits per heavy atom. The first-order valence-electron chi connectivity index (χ1n) is 7.77. The Hall–Kier alpha value is -2.72. The number of rotatable bonds is 5. The summed E-state index contributed by atoms with van der Waals surface area (Å²) in [6, 6.07) is 6.90. The molecule has 0 atom stereocenters. The standard InChI is InChI=1S/C17H15F3N4O2S/c18-17(19,20)27-14-3-1-13(2-4-14)24-15(25)10-23(16(24)26)9-11-5-6-22-8-12(11)7-21/h1-6,8,10,25H,7,9,21H2. The van der Waals surface area contributed by atoms with Crippen LogP contribution in [-0.4, -0.2) is 24.7 Å². The highest BCUT2D eigenvalue weighted by Crippen LogP contribution is 2.37. The predicted octanol–water partition coefficient (Wildman–Crippen LogP) is 2.86. The van der Waals surface area contributed by atoms with Crippen LogP contribution in [0.4, 0.5) is 13.2 Å². The van der Waals surface area contributed by atoms with Crippen LogP contribution < -0.4 is 11.4 Å². The molecule has 2 aromatic heterocycles. The number of hydrogen-bond donors (Lipinski definition) is 2. The quantitative estimate of drug-likeness (QED) is 0.648. The molecular weight excluding hydrogens is 381 g/mol. The number of benzene rings is 1. The molecule has 0 radical (unpaired) electrons. The molecule has 1 aromatic carbocycles. The average molecular weight is 396 g/mol. The Balaban J connectivity index is 1.91. The molecule has 27 heavy (non-hydrogen) atoms. The van der Waals surface area contributed by atoms with Crippen molar-refractivity contribution >= 4 is 11.8 Å². The molecule has 0 aliphatic carbocycles. The summed E-state index contributed by atoms with van der Waals surface area (Å²) in [5.41, 5.74) is 2.55. The molecule has 3 rings (SSSR count). The highest BCUT2D eigenvalue weighted by molar-refractivity contribution is 8.00. The second-order valence-electron chi connectivity index (χ2n) is 5.62. The molecule has 0 saturated heterocycles. The van der Waals surface area contributed by atoms with Crippen LogP contribution in [0.2, 0.25) is 0 Å². The molecule has 0 spiro atoms. The van der Waals surface area contributed by atoms with Crippen LogP contribution in [-0.2, 0) is 13.1 Å². The molecule has 0 bridgehead atoms. The molecule has 0 amide bonds. The maximum absolute atomic E-state index is 12.6. The third-order valence-electron chi connectivity index (χ3n) is 3.83. The van der Waals surface area contributed by atoms with Gasteiger partial charge < -0.3 is 10.8 Å². The van der Waals surface area contributed by atoms with Crippen LogP contribution in [0.3, 0.4) is 0 Å². The van der Waals surface area contributed by atoms with Gasteiger partial charge in [-0.05, 0) is 53.2 Å². The molecule has 2 heterocycles. The maximum atomic E-state index is 12.6. The number of thioether (sulfide) groups is 1. The van der Waals surface area contributed by atoms with Crippen LogP contribution in [0, 0.1) is 0 Å². The Morgan fingerprint density at radius 2 is 1.85 bits per heavy atom. The maximum Gasteiger partial charge on any atom is 0.446 e. The summed E-state index contributed by atoms with van der Waals surface area (Å²) < 4.78 is 39.6. The number of pyridine rings is 1. The minimum Gasteiger partial charge on any atom is -0.493 e. The molecule has 0 unspecified atom stereocenters. The third-order valence-corrected chi connectivity index (χ3v) is 4.57. The fourth-order valence-electron chi connectivity index (χ4n) is 2.61. The first-order chi connectivity index (χ1) is 12.8. The first kappa shape index (κ1) is 19.1. The van der Waals surface area contributed by atoms with E-state index >= 15 is 0 Å². The van der Waals surface area contributed by atoms with Gasteiger partial charge in [0.1, 0.15) is 0 Å². The topological polar surface area (TPSA) is 86.1 Å². The van der Waals surface area contributed by atoms with E-state index in [1.165, 1.54) is 35.0 Å². The molecular formula is C17H15F3N4O2S. The highest BCUT2D eigenvalue weighted by Gasteiger charge is 2.29. The zero-order valence-corrected chi connectivity index (χ0v) is 14.7. The second kappa shape index (κ2) is 7.49. The zero-order chi connectivity index (χ0) is 19.6. The minimum atomic E-state index is -4.39. The van der Waals surface area contributed by atoms with E-state index in [-0.39, 0.29) is 41.3 Å². The summed E-state index contributed by atoms with van der Waals surface area (Å²) in [6.45, 7) is 0.430. The van der Waals surface area contributed by atoms with Gasteiger partial charge >= 0.3 is 11.2 Å². The van der Waals surface area contributed by atoms with Crippen LogP contribution in [0.25, 0.3) is 5.69 Å². The van der Waals surface area contributed by atoms with Gasteiger partial charge in [-0.1, -0.05) is 0 Å². The van der Waals surface area contributed by atoms with E-state index in [1.807, 2.05) is 0 Å². The molecule has 142 valence electrons. The minimum absolute atomic E-state index is 0.0115. The van der Waals surface area contributed by atoms with Gasteiger partial charge in [0.05, 0.1) is 18.4 Å². The number of imidazole rings is 1. The summed E-state index contributed by atoms with van der Waals surface area (Å²) in [7, 11) is 0. The summed E-state index contributed by atoms with van der Waals surface area (Å²) in [6.07, 6.45) is 4.45. The first-order valence-corrected chi connectivity index (χ1v) is 8.59. The fraction of sp³-hybridized carbons (Fsp3) is 0.176. The van der Waals surface area contributed by atoms with Gasteiger partial charge in [0.25, 0.3) is 0 Å². The van der Waals surface area contributed by atoms with Crippen molar-refractivity contribution in [1.29, 1.82) is 0 Å². The number of nitrogens with two attached hydrogens (primary N) is 1. The smallest absolute Gasteiger partial charge is 0.446 e. The molecule has 3 aromatic rings. The van der Waals surface area contributed by atoms with Gasteiger partial charge in [-0.2, -0.15) is 13.2 Å². The van der Waals surface area contributed by atoms with Crippen molar-refractivity contribution in [2.45, 2.75) is 23.5 Å². The number of nitrogens with zero attached hydrogens (tertiary/aromatic N) is 3. The van der Waals surface area contributed by atoms with Crippen LogP contribution >= 0.6 is 11.8 Å². The molecule has 0 aliphatic rings. The fourth-order valence-corrected chi connectivity index (χ4v) is 3.15. The van der Waals surface area contributed by atoms with E-state index in [2.05, 4.69) is 4.98 Å². The van der Waals surface area contributed by atoms with Crippen LogP contribution in [0.15, 0.2) is 58.6 Å². The molecule has 3 N–H and O–H groups in total. The Labute approximate surface area is 156 Å². The molecule has 0 saturated carbocycles. The van der Waals surface area contributed by atoms with Crippen molar-refractivity contribution in [3.05, 3.63) is 70.5 Å². The van der Waals surface area contributed by atoms with Gasteiger partial charge in [0.15, 0.2) is 0 Å². The Morgan fingerprint density at radius 3 is 2.48 bits per heavy atom. The van der Waals surface area contributed by atoms with E-state index in [1.54, 1.807) is 18.5 Å². The van der Waals surface area contributed by atoms with Crippen LogP contribution in [0.5, 0.6) is 5.88 Å². The SMILES string of the molecule is NCc1cnccc1Cn1cc(O)n(-c2ccc(SC(F)(F)F)cc2)c1=O. The van der Waals surface area contributed by atoms with Crippen molar-refractivity contribution in [3.8, 4) is 11.6 Å². The van der Waals surface area contributed by atoms with Gasteiger partial charge in [-0.15, -0.1) is 0 Å². The highest BCUT2D eigenvalue weighted by atomic mass is 32.2. The van der Waals surface area contributed by atoms with Crippen LogP contribution in [0.1, 0.15) is 11.1 Å². The lowest BCUT2D eigenvalue weighted by Gasteiger charge is -2.08. The van der Waals surface area contributed by atoms with Gasteiger partial charge in [-0.25, -0.2) is 9.36 Å². The van der Waals surface area contributed by atoms with E-state index in [9.17, 15) is 23.1 Å². The number of hydrogen-bond acceptors (Lipinski definition) is 5. The summed E-state index contributed by atoms with van der Waals surface area (Å²) in [4.78, 5) is 16.6. The monoisotopic (exact) mass is 396 g/mol. The normalized spacial score (nSPS) is 11.7. The van der Waals surface area contributed by atoms with Gasteiger partial charge in [-0.3, -0.25) is 9.55 Å². The van der Waals surface area contributed by atoms with E-state index in [0.29, 0.717) is 0 Å². The number of aromatic nitrogens is 3. The molecule has 6 nitrogen and oxygen atoms in total. The lowest BCUT2D eigenvalue weighted by molar-refractivity contribution is -0.0328. The number of alkyl halides is 3. The summed E-state index contributed by atoms with van der Waals surface area (Å²) in [5.74, 6) is -0.320. The van der Waals surface area contributed by atoms with Crippen molar-refractivity contribution in [1.82, 2.24) is 14.1 Å². The van der Waals surface area contributed by atoms with Crippen molar-refractivity contribution in [2.75, 3.05) is 0 Å². The van der Waals surface area contributed by atoms with E-state index in [4.69, 9.17) is 5.73 Å². The van der Waals surface area contributed by atoms with Gasteiger partial charge in [0.2, 0.25) is 5.88 Å². The molecule has 0 fully saturated rings. The lowest BCUT2D eigenvalue weighted by Crippen LogP contribution is -2.24. The summed E-state index contributed by atoms with van der Waals surface area (Å²) >= 11 is -0.249. The third kappa shape index (κ3) is 4.34. The van der Waals surface area contributed by atoms with Crippen molar-refractivity contribution < 1.29 is 18.3 Å². The van der Waals surface area contributed by atoms with E-state index in [0.717, 1.165) is 15.7 Å². The average Bonchev–Trinajstić information content (AvgIpc) is 2.88. The number of halogens is 3. The molecule has 10 heteroatoms. The van der Waals surface area contributed by atoms with Crippen molar-refractivity contribution in [3.63, 3.8) is 0 Å². The Kier molecular flexibility index (Phi) is 5.29. The lowest BCUT2D eigenvalue weighted by atomic mass is 10.1. The van der Waals surface area contributed by atoms with Crippen molar-refractivity contribution in [2.24, 2.45) is 5.73 Å². The largest absolute Gasteiger partial charge is 0.493 e. The molecule has 0 aliphatic heterocycles. The van der Waals surface area contributed by atoms with Gasteiger partial charge in [0, 0.05) is 23.8 Å². The predicted molar refractivity (Wildman–Crippen MR) is 94.8 cm³/mol. The zero-order valence-electron chi connectivity index (χ0n) is 13.8. The Bertz CT molecular complexity index is 997. The number of aromatic hydroxyl groups is 1. The second-order valence-corrected chi connectivity index (χ2v) is 6.76.